The smallest absolute Gasteiger partial charge is 0.254 e. The molecule has 0 N–H and O–H groups in total. The molecular weight excluding hydrogens is 318 g/mol. The normalized spacial score (nSPS) is 17.6. The highest BCUT2D eigenvalue weighted by Gasteiger charge is 2.32. The molecule has 0 spiro atoms. The lowest BCUT2D eigenvalue weighted by Gasteiger charge is -2.36. The molecule has 132 valence electrons. The van der Waals surface area contributed by atoms with Crippen molar-refractivity contribution in [3.8, 4) is 0 Å². The Hall–Kier alpha value is -2.47. The van der Waals surface area contributed by atoms with Crippen molar-refractivity contribution in [1.29, 1.82) is 0 Å². The molecule has 0 radical (unpaired) electrons. The van der Waals surface area contributed by atoms with Crippen molar-refractivity contribution in [2.45, 2.75) is 26.8 Å². The van der Waals surface area contributed by atoms with Crippen LogP contribution < -0.4 is 0 Å². The standard InChI is InChI=1S/C19H23N3O3/c1-12-18(13(2)21(4)20-12)17-11-25-10-9-22(17)19(24)16-7-5-15(6-8-16)14(3)23/h5-8,17H,9-11H2,1-4H3/t17-/m1/s1. The van der Waals surface area contributed by atoms with Crippen LogP contribution in [-0.2, 0) is 11.8 Å². The molecule has 1 aromatic carbocycles. The first-order valence-corrected chi connectivity index (χ1v) is 8.40. The van der Waals surface area contributed by atoms with E-state index in [4.69, 9.17) is 4.74 Å². The van der Waals surface area contributed by atoms with Crippen LogP contribution in [0, 0.1) is 13.8 Å². The largest absolute Gasteiger partial charge is 0.377 e. The first kappa shape index (κ1) is 17.4. The van der Waals surface area contributed by atoms with Gasteiger partial charge in [0.1, 0.15) is 0 Å². The number of nitrogens with zero attached hydrogens (tertiary/aromatic N) is 3. The number of aromatic nitrogens is 2. The molecule has 0 bridgehead atoms. The maximum atomic E-state index is 13.1. The summed E-state index contributed by atoms with van der Waals surface area (Å²) in [5, 5.41) is 4.47. The quantitative estimate of drug-likeness (QED) is 0.805. The van der Waals surface area contributed by atoms with Crippen LogP contribution in [0.2, 0.25) is 0 Å². The van der Waals surface area contributed by atoms with Crippen molar-refractivity contribution in [2.24, 2.45) is 7.05 Å². The van der Waals surface area contributed by atoms with E-state index in [1.165, 1.54) is 6.92 Å². The second kappa shape index (κ2) is 6.80. The van der Waals surface area contributed by atoms with E-state index < -0.39 is 0 Å². The average Bonchev–Trinajstić information content (AvgIpc) is 2.86. The summed E-state index contributed by atoms with van der Waals surface area (Å²) in [5.74, 6) is -0.0593. The van der Waals surface area contributed by atoms with Crippen LogP contribution >= 0.6 is 0 Å². The number of amides is 1. The number of Topliss-reactive ketones (excluding diaryl/α,β-unsaturated/α-hetero) is 1. The van der Waals surface area contributed by atoms with Gasteiger partial charge in [0, 0.05) is 36.0 Å². The Morgan fingerprint density at radius 3 is 2.36 bits per heavy atom. The molecule has 0 unspecified atom stereocenters. The Morgan fingerprint density at radius 2 is 1.80 bits per heavy atom. The highest BCUT2D eigenvalue weighted by atomic mass is 16.5. The number of hydrogen-bond donors (Lipinski definition) is 0. The Kier molecular flexibility index (Phi) is 4.72. The molecule has 6 nitrogen and oxygen atoms in total. The molecule has 1 fully saturated rings. The van der Waals surface area contributed by atoms with Crippen molar-refractivity contribution < 1.29 is 14.3 Å². The summed E-state index contributed by atoms with van der Waals surface area (Å²) in [6.07, 6.45) is 0. The van der Waals surface area contributed by atoms with Crippen LogP contribution in [0.1, 0.15) is 50.6 Å². The molecule has 1 saturated heterocycles. The summed E-state index contributed by atoms with van der Waals surface area (Å²) >= 11 is 0. The minimum Gasteiger partial charge on any atom is -0.377 e. The zero-order valence-electron chi connectivity index (χ0n) is 15.1. The highest BCUT2D eigenvalue weighted by molar-refractivity contribution is 5.98. The van der Waals surface area contributed by atoms with Crippen molar-refractivity contribution >= 4 is 11.7 Å². The Morgan fingerprint density at radius 1 is 1.16 bits per heavy atom. The lowest BCUT2D eigenvalue weighted by atomic mass is 10.0. The van der Waals surface area contributed by atoms with Gasteiger partial charge in [-0.1, -0.05) is 12.1 Å². The number of carbonyl (C=O) groups excluding carboxylic acids is 2. The van der Waals surface area contributed by atoms with Gasteiger partial charge in [-0.15, -0.1) is 0 Å². The maximum absolute atomic E-state index is 13.1. The molecule has 2 aromatic rings. The van der Waals surface area contributed by atoms with Crippen molar-refractivity contribution in [1.82, 2.24) is 14.7 Å². The van der Waals surface area contributed by atoms with E-state index in [1.54, 1.807) is 24.3 Å². The monoisotopic (exact) mass is 341 g/mol. The van der Waals surface area contributed by atoms with Crippen molar-refractivity contribution in [3.05, 3.63) is 52.3 Å². The summed E-state index contributed by atoms with van der Waals surface area (Å²) in [6, 6.07) is 6.68. The summed E-state index contributed by atoms with van der Waals surface area (Å²) < 4.78 is 7.48. The average molecular weight is 341 g/mol. The maximum Gasteiger partial charge on any atom is 0.254 e. The van der Waals surface area contributed by atoms with E-state index in [1.807, 2.05) is 30.5 Å². The number of morpholine rings is 1. The van der Waals surface area contributed by atoms with Crippen LogP contribution in [0.4, 0.5) is 0 Å². The van der Waals surface area contributed by atoms with Crippen molar-refractivity contribution in [3.63, 3.8) is 0 Å². The molecule has 3 rings (SSSR count). The zero-order valence-corrected chi connectivity index (χ0v) is 15.1. The van der Waals surface area contributed by atoms with E-state index >= 15 is 0 Å². The fourth-order valence-electron chi connectivity index (χ4n) is 3.37. The fraction of sp³-hybridized carbons (Fsp3) is 0.421. The Labute approximate surface area is 147 Å². The van der Waals surface area contributed by atoms with Gasteiger partial charge in [-0.2, -0.15) is 5.10 Å². The van der Waals surface area contributed by atoms with E-state index in [0.717, 1.165) is 17.0 Å². The molecule has 1 atom stereocenters. The van der Waals surface area contributed by atoms with Gasteiger partial charge in [-0.05, 0) is 32.9 Å². The van der Waals surface area contributed by atoms with E-state index in [-0.39, 0.29) is 17.7 Å². The van der Waals surface area contributed by atoms with Gasteiger partial charge in [0.15, 0.2) is 5.78 Å². The van der Waals surface area contributed by atoms with Gasteiger partial charge >= 0.3 is 0 Å². The number of ketones is 1. The Bertz CT molecular complexity index is 808. The number of benzene rings is 1. The van der Waals surface area contributed by atoms with E-state index in [0.29, 0.717) is 30.9 Å². The molecule has 0 aliphatic carbocycles. The molecular formula is C19H23N3O3. The second-order valence-corrected chi connectivity index (χ2v) is 6.43. The minimum atomic E-state index is -0.151. The third-order valence-electron chi connectivity index (χ3n) is 4.83. The SMILES string of the molecule is CC(=O)c1ccc(C(=O)N2CCOC[C@@H]2c2c(C)nn(C)c2C)cc1. The molecule has 6 heteroatoms. The number of rotatable bonds is 3. The summed E-state index contributed by atoms with van der Waals surface area (Å²) in [5.41, 5.74) is 4.19. The lowest BCUT2D eigenvalue weighted by Crippen LogP contribution is -2.43. The summed E-state index contributed by atoms with van der Waals surface area (Å²) in [4.78, 5) is 26.3. The number of hydrogen-bond acceptors (Lipinski definition) is 4. The topological polar surface area (TPSA) is 64.4 Å². The minimum absolute atomic E-state index is 0.00939. The first-order valence-electron chi connectivity index (χ1n) is 8.40. The van der Waals surface area contributed by atoms with E-state index in [2.05, 4.69) is 5.10 Å². The van der Waals surface area contributed by atoms with Crippen LogP contribution in [0.25, 0.3) is 0 Å². The molecule has 1 amide bonds. The van der Waals surface area contributed by atoms with Crippen LogP contribution in [0.3, 0.4) is 0 Å². The highest BCUT2D eigenvalue weighted by Crippen LogP contribution is 2.30. The van der Waals surface area contributed by atoms with E-state index in [9.17, 15) is 9.59 Å². The van der Waals surface area contributed by atoms with Crippen LogP contribution in [-0.4, -0.2) is 46.1 Å². The molecule has 25 heavy (non-hydrogen) atoms. The number of carbonyl (C=O) groups is 2. The summed E-state index contributed by atoms with van der Waals surface area (Å²) in [6.45, 7) is 7.00. The Balaban J connectivity index is 1.92. The lowest BCUT2D eigenvalue weighted by molar-refractivity contribution is -0.00305. The number of aryl methyl sites for hydroxylation is 2. The van der Waals surface area contributed by atoms with Gasteiger partial charge in [-0.25, -0.2) is 0 Å². The zero-order chi connectivity index (χ0) is 18.1. The van der Waals surface area contributed by atoms with Crippen LogP contribution in [0.15, 0.2) is 24.3 Å². The first-order chi connectivity index (χ1) is 11.9. The van der Waals surface area contributed by atoms with Gasteiger partial charge in [0.2, 0.25) is 0 Å². The third-order valence-corrected chi connectivity index (χ3v) is 4.83. The van der Waals surface area contributed by atoms with Gasteiger partial charge in [0.25, 0.3) is 5.91 Å². The van der Waals surface area contributed by atoms with Gasteiger partial charge < -0.3 is 9.64 Å². The molecule has 1 aliphatic heterocycles. The molecule has 0 saturated carbocycles. The molecule has 2 heterocycles. The predicted octanol–water partition coefficient (Wildman–Crippen LogP) is 2.45. The number of ether oxygens (including phenoxy) is 1. The third kappa shape index (κ3) is 3.22. The summed E-state index contributed by atoms with van der Waals surface area (Å²) in [7, 11) is 1.90. The van der Waals surface area contributed by atoms with Crippen molar-refractivity contribution in [2.75, 3.05) is 19.8 Å². The second-order valence-electron chi connectivity index (χ2n) is 6.43. The molecule has 1 aromatic heterocycles. The molecule has 1 aliphatic rings. The predicted molar refractivity (Wildman–Crippen MR) is 93.7 cm³/mol. The van der Waals surface area contributed by atoms with Gasteiger partial charge in [0.05, 0.1) is 24.9 Å². The fourth-order valence-corrected chi connectivity index (χ4v) is 3.37. The van der Waals surface area contributed by atoms with Crippen LogP contribution in [0.5, 0.6) is 0 Å². The van der Waals surface area contributed by atoms with Gasteiger partial charge in [-0.3, -0.25) is 14.3 Å².